The number of nitrogens with one attached hydrogen (secondary N) is 1. The molecule has 2 unspecified atom stereocenters. The number of carbonyl (C=O) groups is 1. The highest BCUT2D eigenvalue weighted by molar-refractivity contribution is 5.83. The number of fused-ring (bicyclic) bond motifs is 1. The van der Waals surface area contributed by atoms with E-state index in [0.29, 0.717) is 12.4 Å². The molecule has 1 amide bonds. The van der Waals surface area contributed by atoms with Crippen LogP contribution in [0.3, 0.4) is 0 Å². The van der Waals surface area contributed by atoms with Gasteiger partial charge in [0.05, 0.1) is 12.0 Å². The number of carbonyl (C=O) groups excluding carboxylic acids is 1. The van der Waals surface area contributed by atoms with Gasteiger partial charge in [-0.1, -0.05) is 6.92 Å². The highest BCUT2D eigenvalue weighted by Crippen LogP contribution is 2.33. The minimum Gasteiger partial charge on any atom is -0.383 e. The molecular formula is C14H21N5O. The second-order valence-electron chi connectivity index (χ2n) is 5.58. The third-order valence-corrected chi connectivity index (χ3v) is 4.39. The van der Waals surface area contributed by atoms with E-state index in [2.05, 4.69) is 20.2 Å². The van der Waals surface area contributed by atoms with E-state index in [1.807, 2.05) is 13.8 Å². The molecule has 6 nitrogen and oxygen atoms in total. The summed E-state index contributed by atoms with van der Waals surface area (Å²) in [6.45, 7) is 5.61. The van der Waals surface area contributed by atoms with Crippen molar-refractivity contribution in [2.75, 3.05) is 23.7 Å². The number of rotatable bonds is 2. The topological polar surface area (TPSA) is 84.1 Å². The van der Waals surface area contributed by atoms with Crippen LogP contribution in [0.2, 0.25) is 0 Å². The van der Waals surface area contributed by atoms with Crippen LogP contribution in [-0.2, 0) is 11.2 Å². The first-order valence-corrected chi connectivity index (χ1v) is 7.29. The summed E-state index contributed by atoms with van der Waals surface area (Å²) in [6.07, 6.45) is 2.74. The SMILES string of the molecule is CCc1nc(N)c(C)c(N2CCCC3C(=O)NCC32)n1. The number of nitrogens with two attached hydrogens (primary N) is 1. The van der Waals surface area contributed by atoms with E-state index >= 15 is 0 Å². The van der Waals surface area contributed by atoms with Crippen molar-refractivity contribution >= 4 is 17.5 Å². The van der Waals surface area contributed by atoms with Gasteiger partial charge in [-0.25, -0.2) is 9.97 Å². The number of nitrogens with zero attached hydrogens (tertiary/aromatic N) is 3. The average Bonchev–Trinajstić information content (AvgIpc) is 2.84. The molecule has 1 aromatic heterocycles. The molecule has 3 heterocycles. The molecule has 6 heteroatoms. The number of nitrogen functional groups attached to an aromatic ring is 1. The fraction of sp³-hybridized carbons (Fsp3) is 0.643. The molecule has 1 aromatic rings. The Morgan fingerprint density at radius 3 is 3.00 bits per heavy atom. The molecule has 0 saturated carbocycles. The van der Waals surface area contributed by atoms with Crippen LogP contribution < -0.4 is 16.0 Å². The quantitative estimate of drug-likeness (QED) is 0.827. The predicted molar refractivity (Wildman–Crippen MR) is 77.4 cm³/mol. The van der Waals surface area contributed by atoms with Crippen LogP contribution in [-0.4, -0.2) is 35.0 Å². The standard InChI is InChI=1S/C14H21N5O/c1-3-11-17-12(15)8(2)13(18-11)19-6-4-5-9-10(19)7-16-14(9)20/h9-10H,3-7H2,1-2H3,(H,16,20)(H2,15,17,18). The fourth-order valence-corrected chi connectivity index (χ4v) is 3.22. The highest BCUT2D eigenvalue weighted by Gasteiger charge is 2.41. The van der Waals surface area contributed by atoms with Crippen LogP contribution in [0.4, 0.5) is 11.6 Å². The van der Waals surface area contributed by atoms with Crippen molar-refractivity contribution in [3.63, 3.8) is 0 Å². The first kappa shape index (κ1) is 13.1. The van der Waals surface area contributed by atoms with E-state index in [-0.39, 0.29) is 17.9 Å². The van der Waals surface area contributed by atoms with E-state index in [9.17, 15) is 4.79 Å². The monoisotopic (exact) mass is 275 g/mol. The van der Waals surface area contributed by atoms with E-state index in [4.69, 9.17) is 5.73 Å². The maximum Gasteiger partial charge on any atom is 0.225 e. The van der Waals surface area contributed by atoms with Crippen LogP contribution in [0.15, 0.2) is 0 Å². The van der Waals surface area contributed by atoms with Crippen molar-refractivity contribution in [1.82, 2.24) is 15.3 Å². The van der Waals surface area contributed by atoms with Crippen LogP contribution in [0.1, 0.15) is 31.2 Å². The van der Waals surface area contributed by atoms with E-state index in [1.54, 1.807) is 0 Å². The Bertz CT molecular complexity index is 545. The Kier molecular flexibility index (Phi) is 3.23. The smallest absolute Gasteiger partial charge is 0.225 e. The van der Waals surface area contributed by atoms with Crippen LogP contribution in [0, 0.1) is 12.8 Å². The Hall–Kier alpha value is -1.85. The van der Waals surface area contributed by atoms with E-state index in [0.717, 1.165) is 43.0 Å². The van der Waals surface area contributed by atoms with Gasteiger partial charge in [-0.05, 0) is 19.8 Å². The van der Waals surface area contributed by atoms with Gasteiger partial charge in [-0.3, -0.25) is 4.79 Å². The zero-order chi connectivity index (χ0) is 14.3. The summed E-state index contributed by atoms with van der Waals surface area (Å²) < 4.78 is 0. The lowest BCUT2D eigenvalue weighted by atomic mass is 9.91. The zero-order valence-electron chi connectivity index (χ0n) is 12.0. The third-order valence-electron chi connectivity index (χ3n) is 4.39. The molecular weight excluding hydrogens is 254 g/mol. The minimum atomic E-state index is 0.0874. The third kappa shape index (κ3) is 1.99. The summed E-state index contributed by atoms with van der Waals surface area (Å²) in [6, 6.07) is 0.203. The normalized spacial score (nSPS) is 25.5. The minimum absolute atomic E-state index is 0.0874. The van der Waals surface area contributed by atoms with Crippen molar-refractivity contribution < 1.29 is 4.79 Å². The van der Waals surface area contributed by atoms with Crippen molar-refractivity contribution in [3.8, 4) is 0 Å². The molecule has 0 spiro atoms. The van der Waals surface area contributed by atoms with Crippen LogP contribution in [0.25, 0.3) is 0 Å². The number of aryl methyl sites for hydroxylation is 1. The number of aromatic nitrogens is 2. The molecule has 3 rings (SSSR count). The molecule has 2 aliphatic heterocycles. The maximum absolute atomic E-state index is 11.9. The van der Waals surface area contributed by atoms with Gasteiger partial charge in [0.15, 0.2) is 0 Å². The lowest BCUT2D eigenvalue weighted by molar-refractivity contribution is -0.122. The summed E-state index contributed by atoms with van der Waals surface area (Å²) in [5.41, 5.74) is 6.93. The average molecular weight is 275 g/mol. The van der Waals surface area contributed by atoms with E-state index < -0.39 is 0 Å². The fourth-order valence-electron chi connectivity index (χ4n) is 3.22. The van der Waals surface area contributed by atoms with Crippen LogP contribution >= 0.6 is 0 Å². The van der Waals surface area contributed by atoms with Crippen molar-refractivity contribution in [3.05, 3.63) is 11.4 Å². The Labute approximate surface area is 118 Å². The summed E-state index contributed by atoms with van der Waals surface area (Å²) in [5, 5.41) is 2.97. The number of hydrogen-bond acceptors (Lipinski definition) is 5. The maximum atomic E-state index is 11.9. The second-order valence-corrected chi connectivity index (χ2v) is 5.58. The summed E-state index contributed by atoms with van der Waals surface area (Å²) in [5.74, 6) is 2.48. The van der Waals surface area contributed by atoms with Gasteiger partial charge in [-0.15, -0.1) is 0 Å². The molecule has 2 fully saturated rings. The zero-order valence-corrected chi connectivity index (χ0v) is 12.0. The Balaban J connectivity index is 1.99. The molecule has 3 N–H and O–H groups in total. The molecule has 2 atom stereocenters. The lowest BCUT2D eigenvalue weighted by Crippen LogP contribution is -2.46. The lowest BCUT2D eigenvalue weighted by Gasteiger charge is -2.37. The first-order chi connectivity index (χ1) is 9.61. The molecule has 108 valence electrons. The number of anilines is 2. The van der Waals surface area contributed by atoms with Gasteiger partial charge in [0.2, 0.25) is 5.91 Å². The Morgan fingerprint density at radius 2 is 2.25 bits per heavy atom. The van der Waals surface area contributed by atoms with Gasteiger partial charge in [0, 0.05) is 25.1 Å². The van der Waals surface area contributed by atoms with Crippen molar-refractivity contribution in [1.29, 1.82) is 0 Å². The van der Waals surface area contributed by atoms with Crippen LogP contribution in [0.5, 0.6) is 0 Å². The van der Waals surface area contributed by atoms with Gasteiger partial charge >= 0.3 is 0 Å². The number of hydrogen-bond donors (Lipinski definition) is 2. The van der Waals surface area contributed by atoms with Crippen molar-refractivity contribution in [2.45, 2.75) is 39.2 Å². The summed E-state index contributed by atoms with van der Waals surface area (Å²) in [4.78, 5) is 23.1. The summed E-state index contributed by atoms with van der Waals surface area (Å²) >= 11 is 0. The second kappa shape index (κ2) is 4.92. The Morgan fingerprint density at radius 1 is 1.45 bits per heavy atom. The van der Waals surface area contributed by atoms with E-state index in [1.165, 1.54) is 0 Å². The number of piperidine rings is 1. The largest absolute Gasteiger partial charge is 0.383 e. The molecule has 0 aliphatic carbocycles. The highest BCUT2D eigenvalue weighted by atomic mass is 16.2. The van der Waals surface area contributed by atoms with Gasteiger partial charge in [0.25, 0.3) is 0 Å². The summed E-state index contributed by atoms with van der Waals surface area (Å²) in [7, 11) is 0. The van der Waals surface area contributed by atoms with Gasteiger partial charge < -0.3 is 16.0 Å². The van der Waals surface area contributed by atoms with Gasteiger partial charge in [0.1, 0.15) is 17.5 Å². The molecule has 0 aromatic carbocycles. The first-order valence-electron chi connectivity index (χ1n) is 7.29. The van der Waals surface area contributed by atoms with Gasteiger partial charge in [-0.2, -0.15) is 0 Å². The number of amides is 1. The molecule has 2 saturated heterocycles. The molecule has 0 radical (unpaired) electrons. The predicted octanol–water partition coefficient (Wildman–Crippen LogP) is 0.644. The molecule has 2 aliphatic rings. The molecule has 20 heavy (non-hydrogen) atoms. The van der Waals surface area contributed by atoms with Crippen molar-refractivity contribution in [2.24, 2.45) is 5.92 Å². The molecule has 0 bridgehead atoms.